The molecular formula is C18H19Cl2N. The van der Waals surface area contributed by atoms with Crippen molar-refractivity contribution in [3.63, 3.8) is 0 Å². The number of aryl methyl sites for hydroxylation is 2. The molecule has 110 valence electrons. The molecule has 1 N–H and O–H groups in total. The first kappa shape index (κ1) is 14.7. The average Bonchev–Trinajstić information content (AvgIpc) is 2.49. The van der Waals surface area contributed by atoms with Gasteiger partial charge < -0.3 is 5.32 Å². The van der Waals surface area contributed by atoms with Gasteiger partial charge in [-0.25, -0.2) is 0 Å². The summed E-state index contributed by atoms with van der Waals surface area (Å²) < 4.78 is 0. The molecule has 0 bridgehead atoms. The molecule has 0 spiro atoms. The highest BCUT2D eigenvalue weighted by atomic mass is 35.5. The van der Waals surface area contributed by atoms with E-state index < -0.39 is 0 Å². The van der Waals surface area contributed by atoms with E-state index in [-0.39, 0.29) is 6.04 Å². The standard InChI is InChI=1S/C18H19Cl2N/c1-12(21-18-9-8-16(19)11-17(18)20)14-7-6-13-4-2-3-5-15(13)10-14/h6-12,21H,2-5H2,1H3. The van der Waals surface area contributed by atoms with E-state index in [9.17, 15) is 0 Å². The molecule has 2 aromatic carbocycles. The summed E-state index contributed by atoms with van der Waals surface area (Å²) in [4.78, 5) is 0. The molecule has 1 aliphatic rings. The Bertz CT molecular complexity index is 652. The minimum Gasteiger partial charge on any atom is -0.377 e. The van der Waals surface area contributed by atoms with Crippen molar-refractivity contribution in [3.8, 4) is 0 Å². The zero-order chi connectivity index (χ0) is 14.8. The van der Waals surface area contributed by atoms with E-state index in [1.165, 1.54) is 42.4 Å². The Kier molecular flexibility index (Phi) is 4.42. The monoisotopic (exact) mass is 319 g/mol. The Morgan fingerprint density at radius 3 is 2.48 bits per heavy atom. The molecule has 21 heavy (non-hydrogen) atoms. The molecule has 0 amide bonds. The summed E-state index contributed by atoms with van der Waals surface area (Å²) in [7, 11) is 0. The van der Waals surface area contributed by atoms with Crippen molar-refractivity contribution in [3.05, 3.63) is 63.1 Å². The molecule has 1 nitrogen and oxygen atoms in total. The summed E-state index contributed by atoms with van der Waals surface area (Å²) in [6.07, 6.45) is 5.06. The highest BCUT2D eigenvalue weighted by Gasteiger charge is 2.13. The van der Waals surface area contributed by atoms with Gasteiger partial charge >= 0.3 is 0 Å². The largest absolute Gasteiger partial charge is 0.377 e. The van der Waals surface area contributed by atoms with E-state index in [4.69, 9.17) is 23.2 Å². The average molecular weight is 320 g/mol. The minimum atomic E-state index is 0.218. The van der Waals surface area contributed by atoms with Crippen molar-refractivity contribution in [1.82, 2.24) is 0 Å². The normalized spacial score (nSPS) is 15.4. The second-order valence-corrected chi connectivity index (χ2v) is 6.57. The van der Waals surface area contributed by atoms with Crippen molar-refractivity contribution >= 4 is 28.9 Å². The first-order valence-corrected chi connectivity index (χ1v) is 8.22. The maximum absolute atomic E-state index is 6.23. The summed E-state index contributed by atoms with van der Waals surface area (Å²) in [5.41, 5.74) is 5.25. The van der Waals surface area contributed by atoms with Gasteiger partial charge in [0.05, 0.1) is 10.7 Å². The van der Waals surface area contributed by atoms with Crippen molar-refractivity contribution in [2.45, 2.75) is 38.6 Å². The van der Waals surface area contributed by atoms with E-state index in [1.54, 1.807) is 6.07 Å². The van der Waals surface area contributed by atoms with Crippen molar-refractivity contribution in [1.29, 1.82) is 0 Å². The van der Waals surface area contributed by atoms with Crippen molar-refractivity contribution in [2.75, 3.05) is 5.32 Å². The lowest BCUT2D eigenvalue weighted by Gasteiger charge is -2.21. The van der Waals surface area contributed by atoms with Crippen LogP contribution in [0, 0.1) is 0 Å². The number of benzene rings is 2. The highest BCUT2D eigenvalue weighted by Crippen LogP contribution is 2.30. The van der Waals surface area contributed by atoms with E-state index in [2.05, 4.69) is 30.4 Å². The lowest BCUT2D eigenvalue weighted by atomic mass is 9.89. The molecule has 0 fully saturated rings. The topological polar surface area (TPSA) is 12.0 Å². The predicted molar refractivity (Wildman–Crippen MR) is 91.6 cm³/mol. The molecule has 0 heterocycles. The molecule has 1 unspecified atom stereocenters. The van der Waals surface area contributed by atoms with Crippen LogP contribution in [0.3, 0.4) is 0 Å². The third kappa shape index (κ3) is 3.36. The van der Waals surface area contributed by atoms with Gasteiger partial charge in [0.25, 0.3) is 0 Å². The van der Waals surface area contributed by atoms with E-state index in [0.29, 0.717) is 10.0 Å². The molecule has 0 radical (unpaired) electrons. The first-order chi connectivity index (χ1) is 10.1. The molecule has 0 aliphatic heterocycles. The maximum Gasteiger partial charge on any atom is 0.0652 e. The molecular weight excluding hydrogens is 301 g/mol. The van der Waals surface area contributed by atoms with Crippen LogP contribution in [0.25, 0.3) is 0 Å². The lowest BCUT2D eigenvalue weighted by Crippen LogP contribution is -2.09. The van der Waals surface area contributed by atoms with E-state index in [0.717, 1.165) is 5.69 Å². The Morgan fingerprint density at radius 2 is 1.71 bits per heavy atom. The third-order valence-electron chi connectivity index (χ3n) is 4.18. The second-order valence-electron chi connectivity index (χ2n) is 5.73. The summed E-state index contributed by atoms with van der Waals surface area (Å²) in [6, 6.07) is 12.6. The molecule has 0 saturated carbocycles. The van der Waals surface area contributed by atoms with Crippen molar-refractivity contribution in [2.24, 2.45) is 0 Å². The van der Waals surface area contributed by atoms with Gasteiger partial charge in [-0.15, -0.1) is 0 Å². The number of hydrogen-bond acceptors (Lipinski definition) is 1. The third-order valence-corrected chi connectivity index (χ3v) is 4.72. The van der Waals surface area contributed by atoms with Gasteiger partial charge in [0.15, 0.2) is 0 Å². The van der Waals surface area contributed by atoms with Crippen LogP contribution in [-0.4, -0.2) is 0 Å². The molecule has 0 aromatic heterocycles. The Labute approximate surface area is 136 Å². The van der Waals surface area contributed by atoms with E-state index >= 15 is 0 Å². The number of anilines is 1. The summed E-state index contributed by atoms with van der Waals surface area (Å²) in [5, 5.41) is 4.79. The fourth-order valence-corrected chi connectivity index (χ4v) is 3.41. The van der Waals surface area contributed by atoms with Gasteiger partial charge in [0, 0.05) is 11.1 Å². The van der Waals surface area contributed by atoms with Gasteiger partial charge in [-0.05, 0) is 67.5 Å². The van der Waals surface area contributed by atoms with Gasteiger partial charge in [-0.2, -0.15) is 0 Å². The molecule has 1 aliphatic carbocycles. The molecule has 2 aromatic rings. The minimum absolute atomic E-state index is 0.218. The highest BCUT2D eigenvalue weighted by molar-refractivity contribution is 6.36. The number of rotatable bonds is 3. The summed E-state index contributed by atoms with van der Waals surface area (Å²) >= 11 is 12.2. The SMILES string of the molecule is CC(Nc1ccc(Cl)cc1Cl)c1ccc2c(c1)CCCC2. The Balaban J connectivity index is 1.80. The molecule has 3 rings (SSSR count). The summed E-state index contributed by atoms with van der Waals surface area (Å²) in [5.74, 6) is 0. The number of halogens is 2. The number of hydrogen-bond donors (Lipinski definition) is 1. The van der Waals surface area contributed by atoms with Crippen LogP contribution in [0.2, 0.25) is 10.0 Å². The van der Waals surface area contributed by atoms with E-state index in [1.807, 2.05) is 12.1 Å². The van der Waals surface area contributed by atoms with Crippen LogP contribution in [0.4, 0.5) is 5.69 Å². The van der Waals surface area contributed by atoms with Crippen LogP contribution >= 0.6 is 23.2 Å². The quantitative estimate of drug-likeness (QED) is 0.726. The van der Waals surface area contributed by atoms with Crippen molar-refractivity contribution < 1.29 is 0 Å². The van der Waals surface area contributed by atoms with Crippen LogP contribution in [-0.2, 0) is 12.8 Å². The Morgan fingerprint density at radius 1 is 0.952 bits per heavy atom. The Hall–Kier alpha value is -1.18. The summed E-state index contributed by atoms with van der Waals surface area (Å²) in [6.45, 7) is 2.16. The van der Waals surface area contributed by atoms with Gasteiger partial charge in [0.1, 0.15) is 0 Å². The fraction of sp³-hybridized carbons (Fsp3) is 0.333. The second kappa shape index (κ2) is 6.29. The molecule has 3 heteroatoms. The van der Waals surface area contributed by atoms with Crippen LogP contribution in [0.5, 0.6) is 0 Å². The first-order valence-electron chi connectivity index (χ1n) is 7.47. The van der Waals surface area contributed by atoms with Gasteiger partial charge in [-0.3, -0.25) is 0 Å². The smallest absolute Gasteiger partial charge is 0.0652 e. The van der Waals surface area contributed by atoms with Crippen LogP contribution in [0.1, 0.15) is 42.5 Å². The predicted octanol–water partition coefficient (Wildman–Crippen LogP) is 6.05. The number of nitrogens with one attached hydrogen (secondary N) is 1. The lowest BCUT2D eigenvalue weighted by molar-refractivity contribution is 0.683. The number of fused-ring (bicyclic) bond motifs is 1. The van der Waals surface area contributed by atoms with Crippen LogP contribution in [0.15, 0.2) is 36.4 Å². The van der Waals surface area contributed by atoms with Gasteiger partial charge in [0.2, 0.25) is 0 Å². The zero-order valence-corrected chi connectivity index (χ0v) is 13.6. The maximum atomic E-state index is 6.23. The zero-order valence-electron chi connectivity index (χ0n) is 12.1. The fourth-order valence-electron chi connectivity index (χ4n) is 2.95. The van der Waals surface area contributed by atoms with Crippen LogP contribution < -0.4 is 5.32 Å². The molecule has 1 atom stereocenters. The molecule has 0 saturated heterocycles. The van der Waals surface area contributed by atoms with Gasteiger partial charge in [-0.1, -0.05) is 41.4 Å².